The van der Waals surface area contributed by atoms with E-state index >= 15 is 0 Å². The van der Waals surface area contributed by atoms with Gasteiger partial charge in [-0.15, -0.1) is 11.6 Å². The Morgan fingerprint density at radius 3 is 2.74 bits per heavy atom. The highest BCUT2D eigenvalue weighted by atomic mass is 35.5. The Bertz CT molecular complexity index is 437. The molecule has 3 nitrogen and oxygen atoms in total. The third kappa shape index (κ3) is 3.28. The van der Waals surface area contributed by atoms with E-state index < -0.39 is 5.38 Å². The summed E-state index contributed by atoms with van der Waals surface area (Å²) >= 11 is 6.29. The van der Waals surface area contributed by atoms with Gasteiger partial charge in [-0.25, -0.2) is 0 Å². The Kier molecular flexibility index (Phi) is 4.48. The number of rotatable bonds is 3. The molecule has 1 aromatic carbocycles. The van der Waals surface area contributed by atoms with Crippen LogP contribution < -0.4 is 0 Å². The molecule has 1 aliphatic rings. The Balaban J connectivity index is 2.07. The van der Waals surface area contributed by atoms with Crippen LogP contribution in [0.2, 0.25) is 0 Å². The number of carbonyl (C=O) groups is 1. The summed E-state index contributed by atoms with van der Waals surface area (Å²) < 4.78 is 5.51. The number of hydrogen-bond donors (Lipinski definition) is 0. The van der Waals surface area contributed by atoms with Gasteiger partial charge in [0.2, 0.25) is 5.91 Å². The fraction of sp³-hybridized carbons (Fsp3) is 0.533. The molecule has 0 radical (unpaired) electrons. The Hall–Kier alpha value is -1.06. The van der Waals surface area contributed by atoms with Crippen molar-refractivity contribution in [2.45, 2.75) is 30.7 Å². The first-order valence-corrected chi connectivity index (χ1v) is 7.02. The van der Waals surface area contributed by atoms with Crippen LogP contribution in [0.4, 0.5) is 0 Å². The maximum absolute atomic E-state index is 12.4. The molecular formula is C15H20ClNO2. The summed E-state index contributed by atoms with van der Waals surface area (Å²) in [6, 6.07) is 9.48. The average Bonchev–Trinajstić information content (AvgIpc) is 2.46. The van der Waals surface area contributed by atoms with E-state index in [1.165, 1.54) is 0 Å². The lowest BCUT2D eigenvalue weighted by Crippen LogP contribution is -2.50. The molecule has 0 bridgehead atoms. The fourth-order valence-electron chi connectivity index (χ4n) is 2.49. The fourth-order valence-corrected chi connectivity index (χ4v) is 2.77. The van der Waals surface area contributed by atoms with Gasteiger partial charge in [0.25, 0.3) is 0 Å². The number of likely N-dealkylation sites (tertiary alicyclic amines) is 1. The van der Waals surface area contributed by atoms with Crippen molar-refractivity contribution in [1.29, 1.82) is 0 Å². The molecule has 1 aromatic rings. The van der Waals surface area contributed by atoms with Gasteiger partial charge in [0.1, 0.15) is 5.38 Å². The minimum Gasteiger partial charge on any atom is -0.377 e. The number of nitrogens with zero attached hydrogens (tertiary/aromatic N) is 1. The molecule has 4 heteroatoms. The topological polar surface area (TPSA) is 29.5 Å². The number of hydrogen-bond acceptors (Lipinski definition) is 2. The number of halogens is 1. The molecule has 2 unspecified atom stereocenters. The second-order valence-electron chi connectivity index (χ2n) is 5.29. The Labute approximate surface area is 119 Å². The maximum Gasteiger partial charge on any atom is 0.245 e. The van der Waals surface area contributed by atoms with E-state index in [1.54, 1.807) is 7.11 Å². The van der Waals surface area contributed by atoms with Crippen molar-refractivity contribution < 1.29 is 9.53 Å². The van der Waals surface area contributed by atoms with Crippen molar-refractivity contribution in [3.05, 3.63) is 35.9 Å². The highest BCUT2D eigenvalue weighted by Gasteiger charge is 2.35. The van der Waals surface area contributed by atoms with Crippen LogP contribution in [0.25, 0.3) is 0 Å². The van der Waals surface area contributed by atoms with Crippen LogP contribution in [0.1, 0.15) is 30.7 Å². The summed E-state index contributed by atoms with van der Waals surface area (Å²) in [5, 5.41) is -0.611. The zero-order chi connectivity index (χ0) is 13.9. The lowest BCUT2D eigenvalue weighted by molar-refractivity contribution is -0.138. The van der Waals surface area contributed by atoms with Crippen LogP contribution in [-0.4, -0.2) is 36.6 Å². The number of ether oxygens (including phenoxy) is 1. The molecule has 2 atom stereocenters. The summed E-state index contributed by atoms with van der Waals surface area (Å²) in [6.45, 7) is 3.41. The minimum absolute atomic E-state index is 0.0316. The summed E-state index contributed by atoms with van der Waals surface area (Å²) in [6.07, 6.45) is 1.93. The Morgan fingerprint density at radius 1 is 1.42 bits per heavy atom. The number of alkyl halides is 1. The molecule has 2 rings (SSSR count). The largest absolute Gasteiger partial charge is 0.377 e. The standard InChI is InChI=1S/C15H20ClNO2/c1-15(19-2)9-6-10-17(11-15)14(18)13(16)12-7-4-3-5-8-12/h3-5,7-8,13H,6,9-11H2,1-2H3. The van der Waals surface area contributed by atoms with Gasteiger partial charge < -0.3 is 9.64 Å². The molecule has 0 aromatic heterocycles. The van der Waals surface area contributed by atoms with Crippen LogP contribution in [0, 0.1) is 0 Å². The normalized spacial score (nSPS) is 25.1. The van der Waals surface area contributed by atoms with Gasteiger partial charge in [0, 0.05) is 20.2 Å². The molecule has 1 amide bonds. The zero-order valence-corrected chi connectivity index (χ0v) is 12.2. The lowest BCUT2D eigenvalue weighted by atomic mass is 9.94. The molecule has 1 fully saturated rings. The van der Waals surface area contributed by atoms with Crippen LogP contribution >= 0.6 is 11.6 Å². The van der Waals surface area contributed by atoms with Crippen LogP contribution in [0.15, 0.2) is 30.3 Å². The molecule has 0 N–H and O–H groups in total. The summed E-state index contributed by atoms with van der Waals surface area (Å²) in [5.41, 5.74) is 0.597. The number of benzene rings is 1. The first-order valence-electron chi connectivity index (χ1n) is 6.59. The second kappa shape index (κ2) is 5.93. The predicted molar refractivity (Wildman–Crippen MR) is 76.3 cm³/mol. The van der Waals surface area contributed by atoms with Crippen LogP contribution in [0.5, 0.6) is 0 Å². The zero-order valence-electron chi connectivity index (χ0n) is 11.4. The molecule has 1 aliphatic heterocycles. The lowest BCUT2D eigenvalue weighted by Gasteiger charge is -2.40. The second-order valence-corrected chi connectivity index (χ2v) is 5.73. The SMILES string of the molecule is COC1(C)CCCN(C(=O)C(Cl)c2ccccc2)C1. The smallest absolute Gasteiger partial charge is 0.245 e. The van der Waals surface area contributed by atoms with E-state index in [0.29, 0.717) is 6.54 Å². The average molecular weight is 282 g/mol. The van der Waals surface area contributed by atoms with Gasteiger partial charge in [0.05, 0.1) is 5.60 Å². The molecule has 0 spiro atoms. The van der Waals surface area contributed by atoms with Crippen molar-refractivity contribution in [2.24, 2.45) is 0 Å². The first-order chi connectivity index (χ1) is 9.06. The molecule has 1 saturated heterocycles. The van der Waals surface area contributed by atoms with E-state index in [0.717, 1.165) is 24.9 Å². The van der Waals surface area contributed by atoms with Crippen LogP contribution in [0.3, 0.4) is 0 Å². The van der Waals surface area contributed by atoms with E-state index in [2.05, 4.69) is 0 Å². The van der Waals surface area contributed by atoms with Crippen molar-refractivity contribution in [3.63, 3.8) is 0 Å². The van der Waals surface area contributed by atoms with Crippen molar-refractivity contribution >= 4 is 17.5 Å². The van der Waals surface area contributed by atoms with Crippen molar-refractivity contribution in [1.82, 2.24) is 4.90 Å². The van der Waals surface area contributed by atoms with E-state index in [4.69, 9.17) is 16.3 Å². The predicted octanol–water partition coefficient (Wildman–Crippen LogP) is 2.99. The summed E-state index contributed by atoms with van der Waals surface area (Å²) in [7, 11) is 1.70. The van der Waals surface area contributed by atoms with Crippen molar-refractivity contribution in [3.8, 4) is 0 Å². The van der Waals surface area contributed by atoms with Gasteiger partial charge >= 0.3 is 0 Å². The molecule has 19 heavy (non-hydrogen) atoms. The highest BCUT2D eigenvalue weighted by Crippen LogP contribution is 2.28. The number of piperidine rings is 1. The highest BCUT2D eigenvalue weighted by molar-refractivity contribution is 6.30. The first kappa shape index (κ1) is 14.4. The third-order valence-corrected chi connectivity index (χ3v) is 4.21. The number of methoxy groups -OCH3 is 1. The van der Waals surface area contributed by atoms with E-state index in [9.17, 15) is 4.79 Å². The number of carbonyl (C=O) groups excluding carboxylic acids is 1. The quantitative estimate of drug-likeness (QED) is 0.797. The molecule has 0 saturated carbocycles. The Morgan fingerprint density at radius 2 is 2.11 bits per heavy atom. The molecule has 0 aliphatic carbocycles. The third-order valence-electron chi connectivity index (χ3n) is 3.77. The minimum atomic E-state index is -0.611. The number of amides is 1. The molecular weight excluding hydrogens is 262 g/mol. The monoisotopic (exact) mass is 281 g/mol. The van der Waals surface area contributed by atoms with Gasteiger partial charge in [-0.05, 0) is 25.3 Å². The van der Waals surface area contributed by atoms with Gasteiger partial charge in [-0.3, -0.25) is 4.79 Å². The van der Waals surface area contributed by atoms with Crippen molar-refractivity contribution in [2.75, 3.05) is 20.2 Å². The van der Waals surface area contributed by atoms with E-state index in [-0.39, 0.29) is 11.5 Å². The van der Waals surface area contributed by atoms with Gasteiger partial charge in [-0.1, -0.05) is 30.3 Å². The van der Waals surface area contributed by atoms with Gasteiger partial charge in [0.15, 0.2) is 0 Å². The molecule has 104 valence electrons. The maximum atomic E-state index is 12.4. The van der Waals surface area contributed by atoms with Gasteiger partial charge in [-0.2, -0.15) is 0 Å². The van der Waals surface area contributed by atoms with E-state index in [1.807, 2.05) is 42.2 Å². The van der Waals surface area contributed by atoms with Crippen LogP contribution in [-0.2, 0) is 9.53 Å². The summed E-state index contributed by atoms with van der Waals surface area (Å²) in [5.74, 6) is -0.0316. The molecule has 1 heterocycles. The summed E-state index contributed by atoms with van der Waals surface area (Å²) in [4.78, 5) is 14.3.